The molecule has 0 bridgehead atoms. The third kappa shape index (κ3) is 5.99. The Kier molecular flexibility index (Phi) is 7.23. The number of nitrogens with zero attached hydrogens (tertiary/aromatic N) is 2. The number of carboxylic acid groups (broad SMARTS) is 1. The van der Waals surface area contributed by atoms with Gasteiger partial charge in [0, 0.05) is 30.8 Å². The van der Waals surface area contributed by atoms with Gasteiger partial charge in [-0.05, 0) is 31.9 Å². The quantitative estimate of drug-likeness (QED) is 0.427. The molecule has 0 radical (unpaired) electrons. The van der Waals surface area contributed by atoms with E-state index in [0.29, 0.717) is 25.1 Å². The lowest BCUT2D eigenvalue weighted by Crippen LogP contribution is -2.51. The first-order chi connectivity index (χ1) is 13.7. The number of likely N-dealkylation sites (tertiary alicyclic amines) is 1. The van der Waals surface area contributed by atoms with Gasteiger partial charge in [0.2, 0.25) is 17.7 Å². The van der Waals surface area contributed by atoms with Gasteiger partial charge in [0.25, 0.3) is 5.69 Å². The summed E-state index contributed by atoms with van der Waals surface area (Å²) < 4.78 is 0. The maximum Gasteiger partial charge on any atom is 0.303 e. The zero-order chi connectivity index (χ0) is 21.6. The summed E-state index contributed by atoms with van der Waals surface area (Å²) >= 11 is 0. The van der Waals surface area contributed by atoms with Gasteiger partial charge in [-0.15, -0.1) is 0 Å². The largest absolute Gasteiger partial charge is 0.481 e. The number of nitrogens with one attached hydrogen (secondary N) is 2. The Labute approximate surface area is 166 Å². The molecule has 0 aromatic heterocycles. The molecular formula is C18H22N4O7. The van der Waals surface area contributed by atoms with E-state index in [0.717, 1.165) is 0 Å². The van der Waals surface area contributed by atoms with E-state index >= 15 is 0 Å². The summed E-state index contributed by atoms with van der Waals surface area (Å²) in [5.41, 5.74) is 0.267. The Morgan fingerprint density at radius 2 is 1.90 bits per heavy atom. The molecule has 11 heteroatoms. The molecule has 0 aliphatic carbocycles. The molecule has 1 aliphatic heterocycles. The van der Waals surface area contributed by atoms with Gasteiger partial charge in [0.05, 0.1) is 11.3 Å². The Morgan fingerprint density at radius 3 is 2.48 bits per heavy atom. The Morgan fingerprint density at radius 1 is 1.24 bits per heavy atom. The molecule has 2 rings (SSSR count). The van der Waals surface area contributed by atoms with Crippen molar-refractivity contribution in [3.8, 4) is 0 Å². The van der Waals surface area contributed by atoms with Crippen molar-refractivity contribution in [2.75, 3.05) is 11.9 Å². The summed E-state index contributed by atoms with van der Waals surface area (Å²) in [5, 5.41) is 24.4. The summed E-state index contributed by atoms with van der Waals surface area (Å²) in [4.78, 5) is 59.0. The molecule has 1 aromatic rings. The first kappa shape index (κ1) is 21.8. The number of hydrogen-bond acceptors (Lipinski definition) is 6. The Bertz CT molecular complexity index is 809. The zero-order valence-electron chi connectivity index (χ0n) is 15.8. The van der Waals surface area contributed by atoms with Crippen LogP contribution in [-0.4, -0.2) is 57.2 Å². The highest BCUT2D eigenvalue weighted by Crippen LogP contribution is 2.21. The lowest BCUT2D eigenvalue weighted by Gasteiger charge is -2.27. The molecule has 3 amide bonds. The van der Waals surface area contributed by atoms with Crippen LogP contribution in [0.4, 0.5) is 11.4 Å². The van der Waals surface area contributed by atoms with Crippen molar-refractivity contribution in [3.05, 3.63) is 34.4 Å². The van der Waals surface area contributed by atoms with Crippen molar-refractivity contribution in [3.63, 3.8) is 0 Å². The number of hydrogen-bond donors (Lipinski definition) is 3. The summed E-state index contributed by atoms with van der Waals surface area (Å²) in [6, 6.07) is 3.72. The lowest BCUT2D eigenvalue weighted by atomic mass is 10.1. The molecule has 2 atom stereocenters. The second-order valence-corrected chi connectivity index (χ2v) is 6.67. The number of anilines is 1. The molecule has 1 aromatic carbocycles. The van der Waals surface area contributed by atoms with Crippen molar-refractivity contribution in [1.82, 2.24) is 10.2 Å². The molecule has 11 nitrogen and oxygen atoms in total. The van der Waals surface area contributed by atoms with E-state index in [4.69, 9.17) is 5.11 Å². The van der Waals surface area contributed by atoms with Crippen molar-refractivity contribution >= 4 is 35.1 Å². The van der Waals surface area contributed by atoms with E-state index in [1.165, 1.54) is 36.1 Å². The summed E-state index contributed by atoms with van der Waals surface area (Å²) in [5.74, 6) is -2.52. The van der Waals surface area contributed by atoms with Gasteiger partial charge in [-0.1, -0.05) is 0 Å². The normalized spacial score (nSPS) is 16.7. The number of non-ortho nitro benzene ring substituents is 1. The molecule has 1 heterocycles. The van der Waals surface area contributed by atoms with Gasteiger partial charge in [-0.2, -0.15) is 0 Å². The second-order valence-electron chi connectivity index (χ2n) is 6.67. The van der Waals surface area contributed by atoms with Crippen LogP contribution in [-0.2, 0) is 19.2 Å². The zero-order valence-corrected chi connectivity index (χ0v) is 15.8. The molecule has 1 saturated heterocycles. The van der Waals surface area contributed by atoms with Crippen LogP contribution >= 0.6 is 0 Å². The minimum atomic E-state index is -1.11. The molecule has 1 aliphatic rings. The summed E-state index contributed by atoms with van der Waals surface area (Å²) in [6.07, 6.45) is 0.488. The first-order valence-corrected chi connectivity index (χ1v) is 9.06. The van der Waals surface area contributed by atoms with E-state index in [-0.39, 0.29) is 18.5 Å². The van der Waals surface area contributed by atoms with E-state index in [1.807, 2.05) is 0 Å². The van der Waals surface area contributed by atoms with Crippen LogP contribution in [0.1, 0.15) is 32.6 Å². The standard InChI is InChI=1S/C18H22N4O7/c1-11(19-15(23)8-9-16(24)25)18(27)21-10-2-3-14(21)17(26)20-12-4-6-13(7-5-12)22(28)29/h4-7,11,14H,2-3,8-10H2,1H3,(H,19,23)(H,20,26)(H,24,25)/t11-,14-/m0/s1. The minimum absolute atomic E-state index is 0.104. The smallest absolute Gasteiger partial charge is 0.303 e. The molecule has 3 N–H and O–H groups in total. The average Bonchev–Trinajstić information content (AvgIpc) is 3.16. The van der Waals surface area contributed by atoms with Crippen LogP contribution in [0, 0.1) is 10.1 Å². The van der Waals surface area contributed by atoms with Crippen LogP contribution < -0.4 is 10.6 Å². The van der Waals surface area contributed by atoms with Crippen molar-refractivity contribution in [2.24, 2.45) is 0 Å². The molecule has 0 saturated carbocycles. The van der Waals surface area contributed by atoms with E-state index in [2.05, 4.69) is 10.6 Å². The summed E-state index contributed by atoms with van der Waals surface area (Å²) in [6.45, 7) is 1.83. The number of carboxylic acids is 1. The Balaban J connectivity index is 1.96. The van der Waals surface area contributed by atoms with E-state index < -0.39 is 40.7 Å². The second kappa shape index (κ2) is 9.62. The number of nitro benzene ring substituents is 1. The van der Waals surface area contributed by atoms with Crippen LogP contribution in [0.5, 0.6) is 0 Å². The fraction of sp³-hybridized carbons (Fsp3) is 0.444. The topological polar surface area (TPSA) is 159 Å². The van der Waals surface area contributed by atoms with E-state index in [1.54, 1.807) is 0 Å². The SMILES string of the molecule is C[C@H](NC(=O)CCC(=O)O)C(=O)N1CCC[C@H]1C(=O)Nc1ccc([N+](=O)[O-])cc1. The fourth-order valence-electron chi connectivity index (χ4n) is 3.04. The minimum Gasteiger partial charge on any atom is -0.481 e. The highest BCUT2D eigenvalue weighted by atomic mass is 16.6. The van der Waals surface area contributed by atoms with Crippen molar-refractivity contribution in [2.45, 2.75) is 44.7 Å². The number of nitro groups is 1. The van der Waals surface area contributed by atoms with Gasteiger partial charge >= 0.3 is 5.97 Å². The highest BCUT2D eigenvalue weighted by molar-refractivity contribution is 5.98. The van der Waals surface area contributed by atoms with Crippen LogP contribution in [0.3, 0.4) is 0 Å². The maximum absolute atomic E-state index is 12.6. The number of carbonyl (C=O) groups excluding carboxylic acids is 3. The van der Waals surface area contributed by atoms with Crippen LogP contribution in [0.25, 0.3) is 0 Å². The monoisotopic (exact) mass is 406 g/mol. The Hall–Kier alpha value is -3.50. The average molecular weight is 406 g/mol. The summed E-state index contributed by atoms with van der Waals surface area (Å²) in [7, 11) is 0. The number of amides is 3. The third-order valence-electron chi connectivity index (χ3n) is 4.50. The van der Waals surface area contributed by atoms with Crippen LogP contribution in [0.15, 0.2) is 24.3 Å². The van der Waals surface area contributed by atoms with E-state index in [9.17, 15) is 29.3 Å². The fourth-order valence-corrected chi connectivity index (χ4v) is 3.04. The number of benzene rings is 1. The van der Waals surface area contributed by atoms with Gasteiger partial charge in [0.1, 0.15) is 12.1 Å². The molecule has 0 unspecified atom stereocenters. The molecule has 0 spiro atoms. The van der Waals surface area contributed by atoms with Crippen molar-refractivity contribution < 1.29 is 29.2 Å². The van der Waals surface area contributed by atoms with Crippen molar-refractivity contribution in [1.29, 1.82) is 0 Å². The van der Waals surface area contributed by atoms with Gasteiger partial charge < -0.3 is 20.6 Å². The predicted octanol–water partition coefficient (Wildman–Crippen LogP) is 0.894. The van der Waals surface area contributed by atoms with Crippen LogP contribution in [0.2, 0.25) is 0 Å². The third-order valence-corrected chi connectivity index (χ3v) is 4.50. The number of aliphatic carboxylic acids is 1. The predicted molar refractivity (Wildman–Crippen MR) is 101 cm³/mol. The van der Waals surface area contributed by atoms with Gasteiger partial charge in [0.15, 0.2) is 0 Å². The number of carbonyl (C=O) groups is 4. The number of rotatable bonds is 8. The van der Waals surface area contributed by atoms with Gasteiger partial charge in [-0.3, -0.25) is 29.3 Å². The molecule has 156 valence electrons. The highest BCUT2D eigenvalue weighted by Gasteiger charge is 2.36. The lowest BCUT2D eigenvalue weighted by molar-refractivity contribution is -0.384. The maximum atomic E-state index is 12.6. The van der Waals surface area contributed by atoms with Gasteiger partial charge in [-0.25, -0.2) is 0 Å². The molecular weight excluding hydrogens is 384 g/mol. The first-order valence-electron chi connectivity index (χ1n) is 9.06. The molecule has 1 fully saturated rings. The molecule has 29 heavy (non-hydrogen) atoms.